The number of alkyl halides is 1. The Morgan fingerprint density at radius 2 is 2.06 bits per heavy atom. The van der Waals surface area contributed by atoms with Gasteiger partial charge in [0.1, 0.15) is 0 Å². The molecule has 0 spiro atoms. The molecule has 17 heavy (non-hydrogen) atoms. The molecule has 1 fully saturated rings. The lowest BCUT2D eigenvalue weighted by atomic mass is 9.85. The van der Waals surface area contributed by atoms with E-state index in [9.17, 15) is 0 Å². The van der Waals surface area contributed by atoms with E-state index in [1.165, 1.54) is 25.0 Å². The highest BCUT2D eigenvalue weighted by Gasteiger charge is 2.26. The Kier molecular flexibility index (Phi) is 4.37. The molecule has 4 heteroatoms. The van der Waals surface area contributed by atoms with Gasteiger partial charge < -0.3 is 0 Å². The molecule has 2 atom stereocenters. The predicted molar refractivity (Wildman–Crippen MR) is 73.0 cm³/mol. The minimum Gasteiger partial charge on any atom is -0.268 e. The van der Waals surface area contributed by atoms with Crippen LogP contribution in [0.25, 0.3) is 0 Å². The van der Waals surface area contributed by atoms with E-state index in [0.717, 1.165) is 30.1 Å². The number of aryl methyl sites for hydroxylation is 2. The molecule has 1 saturated carbocycles. The molecule has 0 bridgehead atoms. The lowest BCUT2D eigenvalue weighted by Gasteiger charge is -2.27. The molecule has 0 aliphatic heterocycles. The maximum absolute atomic E-state index is 6.41. The number of halogens is 2. The summed E-state index contributed by atoms with van der Waals surface area (Å²) in [6, 6.07) is 0. The van der Waals surface area contributed by atoms with Crippen LogP contribution >= 0.6 is 23.2 Å². The Bertz CT molecular complexity index is 387. The second-order valence-corrected chi connectivity index (χ2v) is 5.87. The zero-order chi connectivity index (χ0) is 12.4. The van der Waals surface area contributed by atoms with Gasteiger partial charge in [-0.1, -0.05) is 24.4 Å². The first-order chi connectivity index (χ1) is 8.13. The summed E-state index contributed by atoms with van der Waals surface area (Å²) in [5, 5.41) is 5.60. The first kappa shape index (κ1) is 13.2. The summed E-state index contributed by atoms with van der Waals surface area (Å²) in [7, 11) is 0. The molecule has 1 heterocycles. The van der Waals surface area contributed by atoms with Gasteiger partial charge in [0.05, 0.1) is 16.4 Å². The summed E-state index contributed by atoms with van der Waals surface area (Å²) >= 11 is 12.7. The van der Waals surface area contributed by atoms with Crippen molar-refractivity contribution in [1.29, 1.82) is 0 Å². The van der Waals surface area contributed by atoms with Crippen molar-refractivity contribution in [1.82, 2.24) is 9.78 Å². The Labute approximate surface area is 113 Å². The van der Waals surface area contributed by atoms with Crippen molar-refractivity contribution in [3.8, 4) is 0 Å². The van der Waals surface area contributed by atoms with Gasteiger partial charge >= 0.3 is 0 Å². The molecule has 0 aromatic carbocycles. The fraction of sp³-hybridized carbons (Fsp3) is 0.769. The summed E-state index contributed by atoms with van der Waals surface area (Å²) in [5.74, 6) is 0.560. The molecule has 1 aliphatic rings. The van der Waals surface area contributed by atoms with E-state index in [2.05, 4.69) is 12.0 Å². The highest BCUT2D eigenvalue weighted by molar-refractivity contribution is 6.31. The minimum atomic E-state index is 0.306. The first-order valence-corrected chi connectivity index (χ1v) is 7.30. The maximum atomic E-state index is 6.41. The highest BCUT2D eigenvalue weighted by Crippen LogP contribution is 2.33. The van der Waals surface area contributed by atoms with E-state index in [0.29, 0.717) is 11.3 Å². The molecule has 2 nitrogen and oxygen atoms in total. The summed E-state index contributed by atoms with van der Waals surface area (Å²) in [4.78, 5) is 0. The van der Waals surface area contributed by atoms with Crippen molar-refractivity contribution in [2.45, 2.75) is 57.9 Å². The smallest absolute Gasteiger partial charge is 0.0847 e. The van der Waals surface area contributed by atoms with Gasteiger partial charge in [0.2, 0.25) is 0 Å². The van der Waals surface area contributed by atoms with E-state index in [1.807, 2.05) is 11.6 Å². The Balaban J connectivity index is 2.16. The summed E-state index contributed by atoms with van der Waals surface area (Å²) in [6.07, 6.45) is 5.90. The van der Waals surface area contributed by atoms with Gasteiger partial charge in [-0.15, -0.1) is 11.6 Å². The highest BCUT2D eigenvalue weighted by atomic mass is 35.5. The lowest BCUT2D eigenvalue weighted by Crippen LogP contribution is -2.23. The molecule has 1 aromatic rings. The van der Waals surface area contributed by atoms with Crippen LogP contribution in [0.15, 0.2) is 0 Å². The fourth-order valence-electron chi connectivity index (χ4n) is 2.70. The van der Waals surface area contributed by atoms with Crippen LogP contribution < -0.4 is 0 Å². The molecule has 1 aromatic heterocycles. The number of rotatable bonds is 3. The van der Waals surface area contributed by atoms with Crippen LogP contribution in [0, 0.1) is 12.8 Å². The molecule has 0 amide bonds. The monoisotopic (exact) mass is 274 g/mol. The van der Waals surface area contributed by atoms with Gasteiger partial charge in [-0.05, 0) is 39.0 Å². The molecule has 2 unspecified atom stereocenters. The zero-order valence-corrected chi connectivity index (χ0v) is 12.1. The van der Waals surface area contributed by atoms with Gasteiger partial charge in [0.15, 0.2) is 0 Å². The van der Waals surface area contributed by atoms with Crippen molar-refractivity contribution >= 4 is 23.2 Å². The molecular weight excluding hydrogens is 255 g/mol. The van der Waals surface area contributed by atoms with Gasteiger partial charge in [-0.3, -0.25) is 4.68 Å². The Morgan fingerprint density at radius 3 is 2.71 bits per heavy atom. The van der Waals surface area contributed by atoms with Crippen LogP contribution in [-0.2, 0) is 13.0 Å². The van der Waals surface area contributed by atoms with Crippen molar-refractivity contribution in [2.24, 2.45) is 5.92 Å². The van der Waals surface area contributed by atoms with E-state index < -0.39 is 0 Å². The van der Waals surface area contributed by atoms with E-state index >= 15 is 0 Å². The number of hydrogen-bond donors (Lipinski definition) is 0. The average Bonchev–Trinajstić information content (AvgIpc) is 2.59. The average molecular weight is 275 g/mol. The standard InChI is InChI=1S/C13H20Cl2N2/c1-3-17-12(13(15)9(2)16-17)8-10-6-4-5-7-11(10)14/h10-11H,3-8H2,1-2H3. The van der Waals surface area contributed by atoms with Crippen LogP contribution in [0.5, 0.6) is 0 Å². The van der Waals surface area contributed by atoms with Gasteiger partial charge in [-0.2, -0.15) is 5.10 Å². The summed E-state index contributed by atoms with van der Waals surface area (Å²) < 4.78 is 2.02. The molecule has 0 radical (unpaired) electrons. The van der Waals surface area contributed by atoms with E-state index in [1.54, 1.807) is 0 Å². The minimum absolute atomic E-state index is 0.306. The zero-order valence-electron chi connectivity index (χ0n) is 10.5. The van der Waals surface area contributed by atoms with Crippen LogP contribution in [0.3, 0.4) is 0 Å². The molecule has 2 rings (SSSR count). The number of nitrogens with zero attached hydrogens (tertiary/aromatic N) is 2. The van der Waals surface area contributed by atoms with E-state index in [-0.39, 0.29) is 0 Å². The molecule has 96 valence electrons. The molecular formula is C13H20Cl2N2. The Morgan fingerprint density at radius 1 is 1.35 bits per heavy atom. The van der Waals surface area contributed by atoms with Gasteiger partial charge in [0, 0.05) is 11.9 Å². The second-order valence-electron chi connectivity index (χ2n) is 4.93. The number of aromatic nitrogens is 2. The normalized spacial score (nSPS) is 25.2. The first-order valence-electron chi connectivity index (χ1n) is 6.49. The summed E-state index contributed by atoms with van der Waals surface area (Å²) in [5.41, 5.74) is 2.11. The third-order valence-electron chi connectivity index (χ3n) is 3.72. The SMILES string of the molecule is CCn1nc(C)c(Cl)c1CC1CCCCC1Cl. The van der Waals surface area contributed by atoms with Crippen LogP contribution in [0.1, 0.15) is 44.0 Å². The predicted octanol–water partition coefficient (Wildman–Crippen LogP) is 4.20. The fourth-order valence-corrected chi connectivity index (χ4v) is 3.29. The van der Waals surface area contributed by atoms with Crippen molar-refractivity contribution in [2.75, 3.05) is 0 Å². The van der Waals surface area contributed by atoms with Gasteiger partial charge in [0.25, 0.3) is 0 Å². The second kappa shape index (κ2) is 5.62. The largest absolute Gasteiger partial charge is 0.268 e. The van der Waals surface area contributed by atoms with Crippen molar-refractivity contribution < 1.29 is 0 Å². The van der Waals surface area contributed by atoms with Crippen LogP contribution in [0.4, 0.5) is 0 Å². The van der Waals surface area contributed by atoms with Crippen molar-refractivity contribution in [3.63, 3.8) is 0 Å². The lowest BCUT2D eigenvalue weighted by molar-refractivity contribution is 0.356. The van der Waals surface area contributed by atoms with Crippen LogP contribution in [-0.4, -0.2) is 15.2 Å². The summed E-state index contributed by atoms with van der Waals surface area (Å²) in [6.45, 7) is 4.95. The topological polar surface area (TPSA) is 17.8 Å². The molecule has 0 saturated heterocycles. The Hall–Kier alpha value is -0.210. The molecule has 0 N–H and O–H groups in total. The quantitative estimate of drug-likeness (QED) is 0.756. The van der Waals surface area contributed by atoms with Crippen molar-refractivity contribution in [3.05, 3.63) is 16.4 Å². The van der Waals surface area contributed by atoms with Gasteiger partial charge in [-0.25, -0.2) is 0 Å². The number of hydrogen-bond acceptors (Lipinski definition) is 1. The third-order valence-corrected chi connectivity index (χ3v) is 4.79. The van der Waals surface area contributed by atoms with Crippen LogP contribution in [0.2, 0.25) is 5.02 Å². The van der Waals surface area contributed by atoms with E-state index in [4.69, 9.17) is 23.2 Å². The molecule has 1 aliphatic carbocycles. The maximum Gasteiger partial charge on any atom is 0.0847 e. The third kappa shape index (κ3) is 2.79.